The number of aliphatic hydroxyl groups is 1. The summed E-state index contributed by atoms with van der Waals surface area (Å²) in [6, 6.07) is 10.4. The number of rotatable bonds is 4. The van der Waals surface area contributed by atoms with Gasteiger partial charge in [-0.2, -0.15) is 0 Å². The van der Waals surface area contributed by atoms with Crippen molar-refractivity contribution in [3.63, 3.8) is 0 Å². The topological polar surface area (TPSA) is 20.2 Å². The minimum atomic E-state index is -0.140. The van der Waals surface area contributed by atoms with Crippen molar-refractivity contribution in [3.8, 4) is 0 Å². The van der Waals surface area contributed by atoms with Crippen LogP contribution in [-0.2, 0) is 0 Å². The minimum absolute atomic E-state index is 0.140. The van der Waals surface area contributed by atoms with Crippen molar-refractivity contribution in [3.05, 3.63) is 43.0 Å². The van der Waals surface area contributed by atoms with Gasteiger partial charge in [-0.15, -0.1) is 18.3 Å². The number of hydrogen-bond donors (Lipinski definition) is 1. The van der Waals surface area contributed by atoms with Gasteiger partial charge in [-0.25, -0.2) is 0 Å². The lowest BCUT2D eigenvalue weighted by Crippen LogP contribution is -2.23. The smallest absolute Gasteiger partial charge is 0.0582 e. The van der Waals surface area contributed by atoms with Gasteiger partial charge in [0.2, 0.25) is 0 Å². The first kappa shape index (κ1) is 11.7. The Morgan fingerprint density at radius 1 is 1.31 bits per heavy atom. The molecule has 1 aromatic carbocycles. The van der Waals surface area contributed by atoms with Crippen molar-refractivity contribution in [2.45, 2.75) is 35.5 Å². The second-order valence-corrected chi connectivity index (χ2v) is 5.54. The lowest BCUT2D eigenvalue weighted by atomic mass is 10.0. The second kappa shape index (κ2) is 5.55. The van der Waals surface area contributed by atoms with Crippen LogP contribution in [0.2, 0.25) is 0 Å². The van der Waals surface area contributed by atoms with E-state index in [0.717, 1.165) is 19.3 Å². The quantitative estimate of drug-likeness (QED) is 0.635. The molecule has 86 valence electrons. The molecule has 0 aromatic heterocycles. The molecule has 1 aliphatic carbocycles. The molecule has 0 bridgehead atoms. The molecule has 0 saturated heterocycles. The Bertz CT molecular complexity index is 336. The van der Waals surface area contributed by atoms with Crippen LogP contribution >= 0.6 is 11.8 Å². The van der Waals surface area contributed by atoms with Crippen molar-refractivity contribution in [2.75, 3.05) is 0 Å². The van der Waals surface area contributed by atoms with E-state index in [0.29, 0.717) is 11.2 Å². The van der Waals surface area contributed by atoms with E-state index in [4.69, 9.17) is 0 Å². The standard InChI is InChI=1S/C14H18OS/c1-2-14(12-9-6-10-13(12)15)16-11-7-4-3-5-8-11/h2-5,7-8,12-15H,1,6,9-10H2/t12-,13-,14?/m1/s1. The highest BCUT2D eigenvalue weighted by atomic mass is 32.2. The molecule has 1 nitrogen and oxygen atoms in total. The maximum absolute atomic E-state index is 9.91. The molecule has 3 atom stereocenters. The molecule has 16 heavy (non-hydrogen) atoms. The molecule has 1 N–H and O–H groups in total. The maximum atomic E-state index is 9.91. The van der Waals surface area contributed by atoms with Crippen molar-refractivity contribution in [1.29, 1.82) is 0 Å². The van der Waals surface area contributed by atoms with E-state index < -0.39 is 0 Å². The summed E-state index contributed by atoms with van der Waals surface area (Å²) in [7, 11) is 0. The molecule has 1 aromatic rings. The molecule has 0 radical (unpaired) electrons. The molecule has 0 heterocycles. The molecule has 1 fully saturated rings. The summed E-state index contributed by atoms with van der Waals surface area (Å²) < 4.78 is 0. The van der Waals surface area contributed by atoms with Gasteiger partial charge in [-0.05, 0) is 25.0 Å². The van der Waals surface area contributed by atoms with Crippen LogP contribution in [-0.4, -0.2) is 16.5 Å². The molecule has 1 unspecified atom stereocenters. The van der Waals surface area contributed by atoms with Gasteiger partial charge in [0, 0.05) is 16.1 Å². The van der Waals surface area contributed by atoms with E-state index in [1.54, 1.807) is 0 Å². The summed E-state index contributed by atoms with van der Waals surface area (Å²) in [5.74, 6) is 0.378. The predicted molar refractivity (Wildman–Crippen MR) is 69.6 cm³/mol. The fraction of sp³-hybridized carbons (Fsp3) is 0.429. The zero-order chi connectivity index (χ0) is 11.4. The summed E-state index contributed by atoms with van der Waals surface area (Å²) >= 11 is 1.81. The molecule has 0 amide bonds. The van der Waals surface area contributed by atoms with Crippen LogP contribution in [0.15, 0.2) is 47.9 Å². The molecular weight excluding hydrogens is 216 g/mol. The van der Waals surface area contributed by atoms with Crippen LogP contribution in [0.5, 0.6) is 0 Å². The highest BCUT2D eigenvalue weighted by Crippen LogP contribution is 2.37. The average Bonchev–Trinajstić information content (AvgIpc) is 2.74. The zero-order valence-electron chi connectivity index (χ0n) is 9.38. The first-order valence-corrected chi connectivity index (χ1v) is 6.71. The predicted octanol–water partition coefficient (Wildman–Crippen LogP) is 3.49. The Balaban J connectivity index is 2.03. The molecule has 1 aliphatic rings. The van der Waals surface area contributed by atoms with Crippen LogP contribution in [0, 0.1) is 5.92 Å². The third-order valence-corrected chi connectivity index (χ3v) is 4.56. The Kier molecular flexibility index (Phi) is 4.08. The average molecular weight is 234 g/mol. The number of aliphatic hydroxyl groups excluding tert-OH is 1. The summed E-state index contributed by atoms with van der Waals surface area (Å²) in [5, 5.41) is 10.2. The first-order valence-electron chi connectivity index (χ1n) is 5.83. The van der Waals surface area contributed by atoms with E-state index >= 15 is 0 Å². The van der Waals surface area contributed by atoms with Crippen molar-refractivity contribution in [2.24, 2.45) is 5.92 Å². The van der Waals surface area contributed by atoms with Crippen molar-refractivity contribution in [1.82, 2.24) is 0 Å². The molecule has 2 rings (SSSR count). The van der Waals surface area contributed by atoms with Crippen molar-refractivity contribution < 1.29 is 5.11 Å². The van der Waals surface area contributed by atoms with Crippen LogP contribution in [0.25, 0.3) is 0 Å². The van der Waals surface area contributed by atoms with Crippen LogP contribution in [0.4, 0.5) is 0 Å². The Morgan fingerprint density at radius 2 is 2.06 bits per heavy atom. The number of benzene rings is 1. The van der Waals surface area contributed by atoms with Gasteiger partial charge in [0.05, 0.1) is 6.10 Å². The van der Waals surface area contributed by atoms with Gasteiger partial charge in [0.15, 0.2) is 0 Å². The van der Waals surface area contributed by atoms with Crippen LogP contribution in [0.1, 0.15) is 19.3 Å². The molecule has 1 saturated carbocycles. The highest BCUT2D eigenvalue weighted by Gasteiger charge is 2.31. The molecule has 2 heteroatoms. The zero-order valence-corrected chi connectivity index (χ0v) is 10.2. The summed E-state index contributed by atoms with van der Waals surface area (Å²) in [4.78, 5) is 1.26. The molecular formula is C14H18OS. The Labute approximate surface area is 102 Å². The third kappa shape index (κ3) is 2.69. The number of thioether (sulfide) groups is 1. The fourth-order valence-corrected chi connectivity index (χ4v) is 3.54. The normalized spacial score (nSPS) is 26.6. The second-order valence-electron chi connectivity index (χ2n) is 4.29. The minimum Gasteiger partial charge on any atom is -0.393 e. The SMILES string of the molecule is C=CC(Sc1ccccc1)[C@@H]1CCC[C@H]1O. The van der Waals surface area contributed by atoms with E-state index in [1.165, 1.54) is 4.90 Å². The fourth-order valence-electron chi connectivity index (χ4n) is 2.32. The highest BCUT2D eigenvalue weighted by molar-refractivity contribution is 8.00. The largest absolute Gasteiger partial charge is 0.393 e. The first-order chi connectivity index (χ1) is 7.81. The monoisotopic (exact) mass is 234 g/mol. The summed E-state index contributed by atoms with van der Waals surface area (Å²) in [5.41, 5.74) is 0. The Hall–Kier alpha value is -0.730. The summed E-state index contributed by atoms with van der Waals surface area (Å²) in [6.07, 6.45) is 5.06. The van der Waals surface area contributed by atoms with Gasteiger partial charge >= 0.3 is 0 Å². The molecule has 0 aliphatic heterocycles. The van der Waals surface area contributed by atoms with E-state index in [1.807, 2.05) is 36.0 Å². The van der Waals surface area contributed by atoms with Gasteiger partial charge in [-0.1, -0.05) is 30.7 Å². The maximum Gasteiger partial charge on any atom is 0.0582 e. The number of hydrogen-bond acceptors (Lipinski definition) is 2. The lowest BCUT2D eigenvalue weighted by Gasteiger charge is -2.22. The van der Waals surface area contributed by atoms with Crippen LogP contribution in [0.3, 0.4) is 0 Å². The van der Waals surface area contributed by atoms with E-state index in [-0.39, 0.29) is 6.10 Å². The van der Waals surface area contributed by atoms with Crippen molar-refractivity contribution >= 4 is 11.8 Å². The van der Waals surface area contributed by atoms with Crippen LogP contribution < -0.4 is 0 Å². The molecule has 0 spiro atoms. The van der Waals surface area contributed by atoms with E-state index in [2.05, 4.69) is 18.7 Å². The third-order valence-electron chi connectivity index (χ3n) is 3.20. The van der Waals surface area contributed by atoms with E-state index in [9.17, 15) is 5.11 Å². The van der Waals surface area contributed by atoms with Gasteiger partial charge in [0.1, 0.15) is 0 Å². The van der Waals surface area contributed by atoms with Gasteiger partial charge in [-0.3, -0.25) is 0 Å². The van der Waals surface area contributed by atoms with Gasteiger partial charge in [0.25, 0.3) is 0 Å². The Morgan fingerprint density at radius 3 is 2.62 bits per heavy atom. The van der Waals surface area contributed by atoms with Gasteiger partial charge < -0.3 is 5.11 Å². The summed E-state index contributed by atoms with van der Waals surface area (Å²) in [6.45, 7) is 3.90. The lowest BCUT2D eigenvalue weighted by molar-refractivity contribution is 0.136.